The molecule has 0 nitrogen and oxygen atoms in total. The molecule has 24 heavy (non-hydrogen) atoms. The van der Waals surface area contributed by atoms with Crippen molar-refractivity contribution in [2.24, 2.45) is 0 Å². The largest absolute Gasteiger partial charge is 0.207 e. The highest BCUT2D eigenvalue weighted by Gasteiger charge is 2.34. The fourth-order valence-electron chi connectivity index (χ4n) is 1.92. The van der Waals surface area contributed by atoms with E-state index >= 15 is 0 Å². The summed E-state index contributed by atoms with van der Waals surface area (Å²) in [5.74, 6) is -25.3. The Labute approximate surface area is 126 Å². The minimum Gasteiger partial charge on any atom is -0.207 e. The molecule has 0 N–H and O–H groups in total. The molecule has 0 bridgehead atoms. The fourth-order valence-corrected chi connectivity index (χ4v) is 1.92. The average molecular weight is 360 g/mol. The summed E-state index contributed by atoms with van der Waals surface area (Å²) in [5, 5.41) is 0. The minimum atomic E-state index is -2.67. The highest BCUT2D eigenvalue weighted by atomic mass is 19.2. The van der Waals surface area contributed by atoms with E-state index in [1.54, 1.807) is 0 Å². The van der Waals surface area contributed by atoms with Crippen LogP contribution in [0, 0.1) is 52.4 Å². The Morgan fingerprint density at radius 1 is 0.458 bits per heavy atom. The second kappa shape index (κ2) is 5.84. The molecular formula is C14H2F10. The van der Waals surface area contributed by atoms with E-state index in [2.05, 4.69) is 6.58 Å². The van der Waals surface area contributed by atoms with Crippen LogP contribution in [0.5, 0.6) is 0 Å². The van der Waals surface area contributed by atoms with Gasteiger partial charge in [-0.2, -0.15) is 0 Å². The molecule has 2 rings (SSSR count). The van der Waals surface area contributed by atoms with E-state index < -0.39 is 74.9 Å². The summed E-state index contributed by atoms with van der Waals surface area (Å²) in [6.45, 7) is 2.42. The van der Waals surface area contributed by atoms with Crippen molar-refractivity contribution >= 4 is 5.83 Å². The van der Waals surface area contributed by atoms with Gasteiger partial charge in [0, 0.05) is 0 Å². The molecule has 0 saturated heterocycles. The van der Waals surface area contributed by atoms with Gasteiger partial charge in [0.2, 0.25) is 5.82 Å². The molecule has 0 aliphatic rings. The van der Waals surface area contributed by atoms with Gasteiger partial charge in [-0.25, -0.2) is 43.9 Å². The maximum absolute atomic E-state index is 14.0. The Morgan fingerprint density at radius 2 is 0.750 bits per heavy atom. The van der Waals surface area contributed by atoms with Crippen molar-refractivity contribution in [3.8, 4) is 11.1 Å². The van der Waals surface area contributed by atoms with Gasteiger partial charge in [-0.05, 0) is 0 Å². The highest BCUT2D eigenvalue weighted by Crippen LogP contribution is 2.39. The van der Waals surface area contributed by atoms with E-state index in [0.29, 0.717) is 0 Å². The topological polar surface area (TPSA) is 0 Å². The summed E-state index contributed by atoms with van der Waals surface area (Å²) in [6.07, 6.45) is 0. The maximum atomic E-state index is 14.0. The smallest absolute Gasteiger partial charge is 0.200 e. The van der Waals surface area contributed by atoms with Gasteiger partial charge in [0.25, 0.3) is 0 Å². The molecule has 2 aromatic carbocycles. The van der Waals surface area contributed by atoms with Gasteiger partial charge in [0.05, 0.1) is 16.7 Å². The van der Waals surface area contributed by atoms with Crippen molar-refractivity contribution in [3.05, 3.63) is 64.5 Å². The van der Waals surface area contributed by atoms with Gasteiger partial charge in [0.1, 0.15) is 11.6 Å². The molecule has 0 radical (unpaired) electrons. The zero-order chi connectivity index (χ0) is 18.5. The average Bonchev–Trinajstić information content (AvgIpc) is 2.52. The summed E-state index contributed by atoms with van der Waals surface area (Å²) in [7, 11) is 0. The summed E-state index contributed by atoms with van der Waals surface area (Å²) < 4.78 is 134. The summed E-state index contributed by atoms with van der Waals surface area (Å²) in [4.78, 5) is 0. The van der Waals surface area contributed by atoms with Gasteiger partial charge < -0.3 is 0 Å². The summed E-state index contributed by atoms with van der Waals surface area (Å²) >= 11 is 0. The first kappa shape index (κ1) is 17.8. The lowest BCUT2D eigenvalue weighted by molar-refractivity contribution is 0.379. The Hall–Kier alpha value is -2.52. The number of rotatable bonds is 2. The Kier molecular flexibility index (Phi) is 4.34. The van der Waals surface area contributed by atoms with Crippen molar-refractivity contribution < 1.29 is 43.9 Å². The van der Waals surface area contributed by atoms with Crippen molar-refractivity contribution in [2.75, 3.05) is 0 Å². The molecule has 10 heteroatoms. The number of benzene rings is 2. The van der Waals surface area contributed by atoms with Crippen LogP contribution >= 0.6 is 0 Å². The van der Waals surface area contributed by atoms with Gasteiger partial charge in [-0.3, -0.25) is 0 Å². The van der Waals surface area contributed by atoms with Crippen LogP contribution < -0.4 is 0 Å². The van der Waals surface area contributed by atoms with E-state index in [1.807, 2.05) is 0 Å². The second-order valence-electron chi connectivity index (χ2n) is 4.36. The van der Waals surface area contributed by atoms with Crippen LogP contribution in [0.15, 0.2) is 6.58 Å². The van der Waals surface area contributed by atoms with Crippen LogP contribution in [0.25, 0.3) is 17.0 Å². The number of hydrogen-bond donors (Lipinski definition) is 0. The van der Waals surface area contributed by atoms with Crippen LogP contribution in [-0.2, 0) is 0 Å². The molecule has 0 aliphatic carbocycles. The first-order valence-corrected chi connectivity index (χ1v) is 5.74. The van der Waals surface area contributed by atoms with Crippen molar-refractivity contribution in [1.29, 1.82) is 0 Å². The molecule has 0 amide bonds. The first-order valence-electron chi connectivity index (χ1n) is 5.74. The molecule has 0 fully saturated rings. The third-order valence-corrected chi connectivity index (χ3v) is 2.99. The van der Waals surface area contributed by atoms with E-state index in [9.17, 15) is 43.9 Å². The molecule has 0 atom stereocenters. The first-order chi connectivity index (χ1) is 11.0. The van der Waals surface area contributed by atoms with Crippen LogP contribution in [0.3, 0.4) is 0 Å². The lowest BCUT2D eigenvalue weighted by atomic mass is 9.98. The number of hydrogen-bond acceptors (Lipinski definition) is 0. The predicted octanol–water partition coefficient (Wildman–Crippen LogP) is 5.55. The SMILES string of the molecule is C=C(F)c1c(F)c(F)c(F)c(-c2c(F)c(F)c(F)c(F)c2F)c1F. The fraction of sp³-hybridized carbons (Fsp3) is 0. The third-order valence-electron chi connectivity index (χ3n) is 2.99. The van der Waals surface area contributed by atoms with Crippen LogP contribution in [0.2, 0.25) is 0 Å². The van der Waals surface area contributed by atoms with Crippen molar-refractivity contribution in [3.63, 3.8) is 0 Å². The molecule has 0 aliphatic heterocycles. The van der Waals surface area contributed by atoms with E-state index in [-0.39, 0.29) is 0 Å². The van der Waals surface area contributed by atoms with Gasteiger partial charge in [0.15, 0.2) is 40.7 Å². The molecule has 2 aromatic rings. The zero-order valence-corrected chi connectivity index (χ0v) is 11.0. The van der Waals surface area contributed by atoms with Gasteiger partial charge in [-0.15, -0.1) is 0 Å². The monoisotopic (exact) mass is 360 g/mol. The van der Waals surface area contributed by atoms with Crippen LogP contribution in [0.1, 0.15) is 5.56 Å². The molecule has 0 saturated carbocycles. The molecular weight excluding hydrogens is 358 g/mol. The molecule has 0 unspecified atom stereocenters. The standard InChI is InChI=1S/C14H2F10/c1-2(15)3-6(16)4(8(18)11(21)7(3)17)5-9(19)12(22)14(24)13(23)10(5)20/h1H2. The molecule has 0 spiro atoms. The van der Waals surface area contributed by atoms with Crippen molar-refractivity contribution in [1.82, 2.24) is 0 Å². The van der Waals surface area contributed by atoms with Crippen LogP contribution in [0.4, 0.5) is 43.9 Å². The highest BCUT2D eigenvalue weighted by molar-refractivity contribution is 5.72. The van der Waals surface area contributed by atoms with Crippen LogP contribution in [-0.4, -0.2) is 0 Å². The van der Waals surface area contributed by atoms with E-state index in [4.69, 9.17) is 0 Å². The quantitative estimate of drug-likeness (QED) is 0.375. The Bertz CT molecular complexity index is 855. The summed E-state index contributed by atoms with van der Waals surface area (Å²) in [6, 6.07) is 0. The Balaban J connectivity index is 3.08. The lowest BCUT2D eigenvalue weighted by Gasteiger charge is -2.13. The summed E-state index contributed by atoms with van der Waals surface area (Å²) in [5.41, 5.74) is -6.34. The number of halogens is 10. The molecule has 0 aromatic heterocycles. The van der Waals surface area contributed by atoms with E-state index in [1.165, 1.54) is 0 Å². The maximum Gasteiger partial charge on any atom is 0.200 e. The zero-order valence-electron chi connectivity index (χ0n) is 11.0. The third kappa shape index (κ3) is 2.33. The van der Waals surface area contributed by atoms with Gasteiger partial charge >= 0.3 is 0 Å². The second-order valence-corrected chi connectivity index (χ2v) is 4.36. The Morgan fingerprint density at radius 3 is 1.12 bits per heavy atom. The molecule has 128 valence electrons. The molecule has 0 heterocycles. The lowest BCUT2D eigenvalue weighted by Crippen LogP contribution is -2.10. The minimum absolute atomic E-state index is 1.95. The van der Waals surface area contributed by atoms with Crippen molar-refractivity contribution in [2.45, 2.75) is 0 Å². The van der Waals surface area contributed by atoms with Gasteiger partial charge in [-0.1, -0.05) is 6.58 Å². The van der Waals surface area contributed by atoms with E-state index in [0.717, 1.165) is 0 Å². The predicted molar refractivity (Wildman–Crippen MR) is 61.6 cm³/mol. The normalized spacial score (nSPS) is 11.1.